The number of ether oxygens (including phenoxy) is 1. The van der Waals surface area contributed by atoms with Crippen LogP contribution >= 0.6 is 12.2 Å². The van der Waals surface area contributed by atoms with Crippen LogP contribution in [0.25, 0.3) is 0 Å². The Morgan fingerprint density at radius 2 is 2.05 bits per heavy atom. The Balaban J connectivity index is 2.17. The number of likely N-dealkylation sites (tertiary alicyclic amines) is 1. The first-order valence-electron chi connectivity index (χ1n) is 7.56. The maximum absolute atomic E-state index is 12.2. The molecular weight excluding hydrogens is 274 g/mol. The molecule has 0 aromatic carbocycles. The van der Waals surface area contributed by atoms with Gasteiger partial charge in [0, 0.05) is 32.8 Å². The van der Waals surface area contributed by atoms with Gasteiger partial charge in [-0.25, -0.2) is 0 Å². The zero-order chi connectivity index (χ0) is 14.8. The molecule has 0 saturated carbocycles. The molecule has 0 bridgehead atoms. The summed E-state index contributed by atoms with van der Waals surface area (Å²) >= 11 is 5.20. The highest BCUT2D eigenvalue weighted by molar-refractivity contribution is 7.80. The van der Waals surface area contributed by atoms with Crippen molar-refractivity contribution in [2.24, 2.45) is 0 Å². The highest BCUT2D eigenvalue weighted by Gasteiger charge is 2.22. The molecule has 116 valence electrons. The number of carbonyl (C=O) groups is 1. The van der Waals surface area contributed by atoms with Crippen molar-refractivity contribution < 1.29 is 9.53 Å². The SMILES string of the molecule is CCOCCCNC(=S)NC(C)C(=O)N1CCCCC1. The topological polar surface area (TPSA) is 53.6 Å². The van der Waals surface area contributed by atoms with Crippen LogP contribution in [0.1, 0.15) is 39.5 Å². The molecule has 2 N–H and O–H groups in total. The molecule has 6 heteroatoms. The molecule has 5 nitrogen and oxygen atoms in total. The van der Waals surface area contributed by atoms with Gasteiger partial charge < -0.3 is 20.3 Å². The van der Waals surface area contributed by atoms with E-state index in [1.165, 1.54) is 6.42 Å². The molecule has 1 fully saturated rings. The van der Waals surface area contributed by atoms with Crippen LogP contribution in [-0.2, 0) is 9.53 Å². The van der Waals surface area contributed by atoms with Gasteiger partial charge in [-0.3, -0.25) is 4.79 Å². The van der Waals surface area contributed by atoms with E-state index in [-0.39, 0.29) is 11.9 Å². The van der Waals surface area contributed by atoms with Crippen LogP contribution in [-0.4, -0.2) is 54.8 Å². The molecule has 1 unspecified atom stereocenters. The molecule has 0 spiro atoms. The lowest BCUT2D eigenvalue weighted by atomic mass is 10.1. The first-order valence-corrected chi connectivity index (χ1v) is 7.97. The Morgan fingerprint density at radius 3 is 2.70 bits per heavy atom. The molecule has 1 aliphatic rings. The second-order valence-corrected chi connectivity index (χ2v) is 5.47. The van der Waals surface area contributed by atoms with Crippen LogP contribution in [0.15, 0.2) is 0 Å². The maximum Gasteiger partial charge on any atom is 0.244 e. The van der Waals surface area contributed by atoms with Crippen molar-refractivity contribution in [1.29, 1.82) is 0 Å². The third kappa shape index (κ3) is 6.52. The lowest BCUT2D eigenvalue weighted by Crippen LogP contribution is -2.50. The molecule has 0 aromatic rings. The van der Waals surface area contributed by atoms with E-state index in [9.17, 15) is 4.79 Å². The fourth-order valence-corrected chi connectivity index (χ4v) is 2.50. The van der Waals surface area contributed by atoms with Crippen molar-refractivity contribution in [3.63, 3.8) is 0 Å². The number of rotatable bonds is 7. The van der Waals surface area contributed by atoms with Crippen LogP contribution < -0.4 is 10.6 Å². The minimum absolute atomic E-state index is 0.142. The highest BCUT2D eigenvalue weighted by atomic mass is 32.1. The van der Waals surface area contributed by atoms with Crippen LogP contribution in [0.2, 0.25) is 0 Å². The summed E-state index contributed by atoms with van der Waals surface area (Å²) in [7, 11) is 0. The standard InChI is InChI=1S/C14H27N3O2S/c1-3-19-11-7-8-15-14(20)16-12(2)13(18)17-9-5-4-6-10-17/h12H,3-11H2,1-2H3,(H2,15,16,20). The number of hydrogen-bond donors (Lipinski definition) is 2. The van der Waals surface area contributed by atoms with Crippen molar-refractivity contribution >= 4 is 23.2 Å². The number of nitrogens with one attached hydrogen (secondary N) is 2. The van der Waals surface area contributed by atoms with Gasteiger partial charge in [-0.2, -0.15) is 0 Å². The number of nitrogens with zero attached hydrogens (tertiary/aromatic N) is 1. The van der Waals surface area contributed by atoms with Gasteiger partial charge in [0.25, 0.3) is 0 Å². The maximum atomic E-state index is 12.2. The Bertz CT molecular complexity index is 307. The molecule has 1 amide bonds. The molecular formula is C14H27N3O2S. The Kier molecular flexibility index (Phi) is 8.53. The average Bonchev–Trinajstić information content (AvgIpc) is 2.47. The normalized spacial score (nSPS) is 16.6. The molecule has 1 atom stereocenters. The second-order valence-electron chi connectivity index (χ2n) is 5.06. The molecule has 1 heterocycles. The fraction of sp³-hybridized carbons (Fsp3) is 0.857. The predicted octanol–water partition coefficient (Wildman–Crippen LogP) is 1.28. The van der Waals surface area contributed by atoms with Crippen LogP contribution in [0, 0.1) is 0 Å². The second kappa shape index (κ2) is 9.94. The third-order valence-corrected chi connectivity index (χ3v) is 3.60. The van der Waals surface area contributed by atoms with E-state index in [2.05, 4.69) is 10.6 Å². The molecule has 1 aliphatic heterocycles. The number of amides is 1. The summed E-state index contributed by atoms with van der Waals surface area (Å²) in [5.41, 5.74) is 0. The largest absolute Gasteiger partial charge is 0.382 e. The van der Waals surface area contributed by atoms with E-state index in [4.69, 9.17) is 17.0 Å². The molecule has 0 aromatic heterocycles. The lowest BCUT2D eigenvalue weighted by Gasteiger charge is -2.29. The summed E-state index contributed by atoms with van der Waals surface area (Å²) in [4.78, 5) is 14.1. The van der Waals surface area contributed by atoms with Gasteiger partial charge in [0.2, 0.25) is 5.91 Å². The van der Waals surface area contributed by atoms with E-state index >= 15 is 0 Å². The first kappa shape index (κ1) is 17.2. The van der Waals surface area contributed by atoms with E-state index in [1.807, 2.05) is 18.7 Å². The van der Waals surface area contributed by atoms with Crippen LogP contribution in [0.5, 0.6) is 0 Å². The van der Waals surface area contributed by atoms with Gasteiger partial charge in [0.15, 0.2) is 5.11 Å². The monoisotopic (exact) mass is 301 g/mol. The minimum Gasteiger partial charge on any atom is -0.382 e. The van der Waals surface area contributed by atoms with Crippen molar-refractivity contribution in [1.82, 2.24) is 15.5 Å². The van der Waals surface area contributed by atoms with E-state index in [0.717, 1.165) is 52.1 Å². The van der Waals surface area contributed by atoms with Gasteiger partial charge in [-0.1, -0.05) is 0 Å². The molecule has 1 rings (SSSR count). The van der Waals surface area contributed by atoms with Crippen LogP contribution in [0.3, 0.4) is 0 Å². The zero-order valence-corrected chi connectivity index (χ0v) is 13.4. The Morgan fingerprint density at radius 1 is 1.35 bits per heavy atom. The van der Waals surface area contributed by atoms with E-state index < -0.39 is 0 Å². The smallest absolute Gasteiger partial charge is 0.244 e. The quantitative estimate of drug-likeness (QED) is 0.548. The molecule has 0 aliphatic carbocycles. The van der Waals surface area contributed by atoms with Crippen molar-refractivity contribution in [2.45, 2.75) is 45.6 Å². The number of carbonyl (C=O) groups excluding carboxylic acids is 1. The summed E-state index contributed by atoms with van der Waals surface area (Å²) in [6.07, 6.45) is 4.35. The van der Waals surface area contributed by atoms with Crippen molar-refractivity contribution in [2.75, 3.05) is 32.8 Å². The van der Waals surface area contributed by atoms with Crippen molar-refractivity contribution in [3.8, 4) is 0 Å². The van der Waals surface area contributed by atoms with Gasteiger partial charge in [0.05, 0.1) is 0 Å². The number of hydrogen-bond acceptors (Lipinski definition) is 3. The Hall–Kier alpha value is -0.880. The summed E-state index contributed by atoms with van der Waals surface area (Å²) < 4.78 is 5.25. The number of thiocarbonyl (C=S) groups is 1. The molecule has 0 radical (unpaired) electrons. The van der Waals surface area contributed by atoms with Gasteiger partial charge in [0.1, 0.15) is 6.04 Å². The summed E-state index contributed by atoms with van der Waals surface area (Å²) in [6.45, 7) is 7.83. The first-order chi connectivity index (χ1) is 9.65. The van der Waals surface area contributed by atoms with E-state index in [1.54, 1.807) is 0 Å². The van der Waals surface area contributed by atoms with Crippen LogP contribution in [0.4, 0.5) is 0 Å². The zero-order valence-electron chi connectivity index (χ0n) is 12.6. The third-order valence-electron chi connectivity index (χ3n) is 3.34. The average molecular weight is 301 g/mol. The summed E-state index contributed by atoms with van der Waals surface area (Å²) in [5, 5.41) is 6.70. The predicted molar refractivity (Wildman–Crippen MR) is 84.7 cm³/mol. The van der Waals surface area contributed by atoms with E-state index in [0.29, 0.717) is 5.11 Å². The van der Waals surface area contributed by atoms with Gasteiger partial charge in [-0.15, -0.1) is 0 Å². The summed E-state index contributed by atoms with van der Waals surface area (Å²) in [5.74, 6) is 0.142. The summed E-state index contributed by atoms with van der Waals surface area (Å²) in [6, 6.07) is -0.264. The molecule has 20 heavy (non-hydrogen) atoms. The number of piperidine rings is 1. The molecule has 1 saturated heterocycles. The fourth-order valence-electron chi connectivity index (χ4n) is 2.22. The highest BCUT2D eigenvalue weighted by Crippen LogP contribution is 2.09. The minimum atomic E-state index is -0.264. The van der Waals surface area contributed by atoms with Gasteiger partial charge in [-0.05, 0) is 51.7 Å². The van der Waals surface area contributed by atoms with Crippen molar-refractivity contribution in [3.05, 3.63) is 0 Å². The van der Waals surface area contributed by atoms with Gasteiger partial charge >= 0.3 is 0 Å². The Labute approximate surface area is 127 Å². The lowest BCUT2D eigenvalue weighted by molar-refractivity contribution is -0.133.